The van der Waals surface area contributed by atoms with Gasteiger partial charge >= 0.3 is 6.18 Å². The highest BCUT2D eigenvalue weighted by atomic mass is 35.5. The first-order valence-corrected chi connectivity index (χ1v) is 13.8. The lowest BCUT2D eigenvalue weighted by Crippen LogP contribution is -2.49. The first kappa shape index (κ1) is 26.7. The lowest BCUT2D eigenvalue weighted by Gasteiger charge is -2.42. The van der Waals surface area contributed by atoms with Gasteiger partial charge in [-0.2, -0.15) is 13.2 Å². The van der Waals surface area contributed by atoms with E-state index in [9.17, 15) is 18.0 Å². The van der Waals surface area contributed by atoms with E-state index in [1.807, 2.05) is 48.3 Å². The number of carbonyl (C=O) groups is 1. The van der Waals surface area contributed by atoms with Crippen LogP contribution < -0.4 is 4.90 Å². The summed E-state index contributed by atoms with van der Waals surface area (Å²) in [6.45, 7) is 0.959. The maximum atomic E-state index is 14.3. The second kappa shape index (κ2) is 9.71. The Morgan fingerprint density at radius 2 is 1.86 bits per heavy atom. The maximum absolute atomic E-state index is 14.3. The Kier molecular flexibility index (Phi) is 6.18. The zero-order valence-corrected chi connectivity index (χ0v) is 23.3. The monoisotopic (exact) mass is 591 g/mol. The Morgan fingerprint density at radius 1 is 1.05 bits per heavy atom. The van der Waals surface area contributed by atoms with Crippen LogP contribution in [0.2, 0.25) is 5.02 Å². The Labute approximate surface area is 244 Å². The summed E-state index contributed by atoms with van der Waals surface area (Å²) >= 11 is 6.10. The van der Waals surface area contributed by atoms with Crippen molar-refractivity contribution in [2.45, 2.75) is 31.1 Å². The van der Waals surface area contributed by atoms with Gasteiger partial charge in [0.2, 0.25) is 0 Å². The van der Waals surface area contributed by atoms with Crippen LogP contribution in [0.5, 0.6) is 0 Å². The highest BCUT2D eigenvalue weighted by Gasteiger charge is 2.43. The highest BCUT2D eigenvalue weighted by molar-refractivity contribution is 6.31. The third kappa shape index (κ3) is 4.55. The van der Waals surface area contributed by atoms with Crippen LogP contribution in [0.3, 0.4) is 0 Å². The molecule has 0 atom stereocenters. The average Bonchev–Trinajstić information content (AvgIpc) is 3.61. The van der Waals surface area contributed by atoms with Gasteiger partial charge in [-0.15, -0.1) is 10.2 Å². The summed E-state index contributed by atoms with van der Waals surface area (Å²) in [5.74, 6) is 0.348. The van der Waals surface area contributed by atoms with Crippen LogP contribution in [-0.2, 0) is 42.9 Å². The molecule has 0 bridgehead atoms. The van der Waals surface area contributed by atoms with Crippen molar-refractivity contribution in [3.05, 3.63) is 112 Å². The SMILES string of the molecule is Cn1cnnc1CC1(c2cccc(N3Cc4c(cc(Cn5cc6ccc(Cl)cc6c5)cc4C(F)(F)F)C3=O)c2)COC1. The summed E-state index contributed by atoms with van der Waals surface area (Å²) in [6.07, 6.45) is 1.30. The van der Waals surface area contributed by atoms with Crippen molar-refractivity contribution < 1.29 is 22.7 Å². The molecule has 0 spiro atoms. The average molecular weight is 592 g/mol. The Morgan fingerprint density at radius 3 is 2.57 bits per heavy atom. The Balaban J connectivity index is 1.22. The summed E-state index contributed by atoms with van der Waals surface area (Å²) in [4.78, 5) is 15.1. The molecule has 1 fully saturated rings. The van der Waals surface area contributed by atoms with Crippen LogP contribution in [0.25, 0.3) is 10.8 Å². The quantitative estimate of drug-likeness (QED) is 0.237. The lowest BCUT2D eigenvalue weighted by atomic mass is 9.75. The number of hydrogen-bond donors (Lipinski definition) is 0. The lowest BCUT2D eigenvalue weighted by molar-refractivity contribution is -0.138. The number of halogens is 4. The molecule has 4 heterocycles. The van der Waals surface area contributed by atoms with Gasteiger partial charge in [-0.25, -0.2) is 0 Å². The van der Waals surface area contributed by atoms with E-state index in [0.717, 1.165) is 28.2 Å². The molecule has 1 saturated heterocycles. The van der Waals surface area contributed by atoms with Crippen LogP contribution >= 0.6 is 11.6 Å². The molecule has 1 amide bonds. The van der Waals surface area contributed by atoms with Gasteiger partial charge in [0.1, 0.15) is 12.2 Å². The van der Waals surface area contributed by atoms with E-state index in [1.54, 1.807) is 35.2 Å². The molecule has 0 radical (unpaired) electrons. The molecule has 42 heavy (non-hydrogen) atoms. The highest BCUT2D eigenvalue weighted by Crippen LogP contribution is 2.42. The van der Waals surface area contributed by atoms with E-state index in [2.05, 4.69) is 10.2 Å². The molecular formula is C31H25ClF3N5O2. The van der Waals surface area contributed by atoms with E-state index < -0.39 is 17.6 Å². The number of aryl methyl sites for hydroxylation is 1. The number of hydrogen-bond acceptors (Lipinski definition) is 4. The first-order valence-electron chi connectivity index (χ1n) is 13.4. The molecule has 2 aliphatic heterocycles. The zero-order valence-electron chi connectivity index (χ0n) is 22.5. The number of amides is 1. The zero-order chi connectivity index (χ0) is 29.2. The molecule has 214 valence electrons. The summed E-state index contributed by atoms with van der Waals surface area (Å²) in [6, 6.07) is 15.6. The molecular weight excluding hydrogens is 567 g/mol. The minimum absolute atomic E-state index is 0.00752. The molecule has 2 aromatic heterocycles. The molecule has 7 nitrogen and oxygen atoms in total. The van der Waals surface area contributed by atoms with Gasteiger partial charge in [0.05, 0.1) is 25.3 Å². The predicted octanol–water partition coefficient (Wildman–Crippen LogP) is 6.16. The molecule has 11 heteroatoms. The number of fused-ring (bicyclic) bond motifs is 2. The molecule has 0 saturated carbocycles. The third-order valence-electron chi connectivity index (χ3n) is 8.26. The smallest absolute Gasteiger partial charge is 0.379 e. The third-order valence-corrected chi connectivity index (χ3v) is 8.49. The van der Waals surface area contributed by atoms with Gasteiger partial charge in [-0.05, 0) is 58.5 Å². The summed E-state index contributed by atoms with van der Waals surface area (Å²) in [7, 11) is 1.87. The molecule has 0 N–H and O–H groups in total. The molecule has 0 aliphatic carbocycles. The summed E-state index contributed by atoms with van der Waals surface area (Å²) in [5.41, 5.74) is 0.799. The van der Waals surface area contributed by atoms with Crippen molar-refractivity contribution in [1.82, 2.24) is 19.3 Å². The fourth-order valence-electron chi connectivity index (χ4n) is 5.99. The standard InChI is InChI=1S/C31H25ClF3N5O2/c1-38-18-36-37-28(38)11-30(16-42-17-30)22-3-2-4-24(10-22)40-15-26-25(29(40)41)7-19(8-27(26)31(33,34)35)12-39-13-20-5-6-23(32)9-21(20)14-39/h2-10,13-14,18H,11-12,15-17H2,1H3. The largest absolute Gasteiger partial charge is 0.416 e. The van der Waals surface area contributed by atoms with Gasteiger partial charge < -0.3 is 18.8 Å². The van der Waals surface area contributed by atoms with Crippen molar-refractivity contribution >= 4 is 34.0 Å². The second-order valence-corrected chi connectivity index (χ2v) is 11.6. The van der Waals surface area contributed by atoms with Crippen molar-refractivity contribution in [2.75, 3.05) is 18.1 Å². The normalized spacial score (nSPS) is 16.2. The van der Waals surface area contributed by atoms with Crippen molar-refractivity contribution in [3.8, 4) is 0 Å². The number of rotatable bonds is 6. The number of ether oxygens (including phenoxy) is 1. The number of nitrogens with zero attached hydrogens (tertiary/aromatic N) is 5. The van der Waals surface area contributed by atoms with Crippen molar-refractivity contribution in [2.24, 2.45) is 7.05 Å². The van der Waals surface area contributed by atoms with Gasteiger partial charge in [0.25, 0.3) is 5.91 Å². The van der Waals surface area contributed by atoms with Crippen molar-refractivity contribution in [3.63, 3.8) is 0 Å². The van der Waals surface area contributed by atoms with Crippen LogP contribution in [0.15, 0.2) is 73.3 Å². The van der Waals surface area contributed by atoms with Crippen LogP contribution in [-0.4, -0.2) is 38.5 Å². The Bertz CT molecular complexity index is 1860. The fraction of sp³-hybridized carbons (Fsp3) is 0.258. The minimum atomic E-state index is -4.61. The number of benzene rings is 3. The first-order chi connectivity index (χ1) is 20.1. The predicted molar refractivity (Wildman–Crippen MR) is 152 cm³/mol. The van der Waals surface area contributed by atoms with E-state index >= 15 is 0 Å². The summed E-state index contributed by atoms with van der Waals surface area (Å²) in [5, 5.41) is 10.6. The van der Waals surface area contributed by atoms with Gasteiger partial charge in [-0.3, -0.25) is 4.79 Å². The molecule has 7 rings (SSSR count). The van der Waals surface area contributed by atoms with E-state index in [0.29, 0.717) is 35.9 Å². The van der Waals surface area contributed by atoms with Gasteiger partial charge in [0.15, 0.2) is 0 Å². The van der Waals surface area contributed by atoms with E-state index in [1.165, 1.54) is 4.90 Å². The molecule has 5 aromatic rings. The number of aromatic nitrogens is 4. The summed E-state index contributed by atoms with van der Waals surface area (Å²) < 4.78 is 52.3. The van der Waals surface area contributed by atoms with Crippen LogP contribution in [0.1, 0.15) is 38.4 Å². The number of alkyl halides is 3. The van der Waals surface area contributed by atoms with E-state index in [4.69, 9.17) is 16.3 Å². The maximum Gasteiger partial charge on any atom is 0.416 e. The number of carbonyl (C=O) groups excluding carboxylic acids is 1. The van der Waals surface area contributed by atoms with Crippen LogP contribution in [0, 0.1) is 0 Å². The Hall–Kier alpha value is -4.15. The second-order valence-electron chi connectivity index (χ2n) is 11.1. The minimum Gasteiger partial charge on any atom is -0.379 e. The molecule has 2 aliphatic rings. The van der Waals surface area contributed by atoms with Gasteiger partial charge in [-0.1, -0.05) is 29.8 Å². The van der Waals surface area contributed by atoms with Crippen LogP contribution in [0.4, 0.5) is 18.9 Å². The molecule has 0 unspecified atom stereocenters. The fourth-order valence-corrected chi connectivity index (χ4v) is 6.17. The van der Waals surface area contributed by atoms with Crippen molar-refractivity contribution in [1.29, 1.82) is 0 Å². The number of anilines is 1. The van der Waals surface area contributed by atoms with E-state index in [-0.39, 0.29) is 29.6 Å². The topological polar surface area (TPSA) is 65.2 Å². The molecule has 3 aromatic carbocycles. The van der Waals surface area contributed by atoms with Gasteiger partial charge in [0, 0.05) is 59.5 Å².